The lowest BCUT2D eigenvalue weighted by molar-refractivity contribution is -0.133. The maximum atomic E-state index is 13.0. The maximum absolute atomic E-state index is 13.0. The Morgan fingerprint density at radius 3 is 2.41 bits per heavy atom. The number of carbonyl (C=O) groups is 1. The fourth-order valence-electron chi connectivity index (χ4n) is 3.40. The van der Waals surface area contributed by atoms with Crippen LogP contribution >= 0.6 is 0 Å². The van der Waals surface area contributed by atoms with Crippen molar-refractivity contribution < 1.29 is 14.6 Å². The lowest BCUT2D eigenvalue weighted by Gasteiger charge is -2.31. The first kappa shape index (κ1) is 19.1. The Morgan fingerprint density at radius 1 is 1.04 bits per heavy atom. The molecule has 0 spiro atoms. The molecule has 3 aromatic rings. The minimum absolute atomic E-state index is 0.167. The van der Waals surface area contributed by atoms with E-state index in [1.165, 1.54) is 7.11 Å². The molecule has 0 saturated carbocycles. The number of benzene rings is 3. The Bertz CT molecular complexity index is 904. The zero-order valence-electron chi connectivity index (χ0n) is 15.7. The van der Waals surface area contributed by atoms with Crippen LogP contribution in [-0.2, 0) is 16.0 Å². The van der Waals surface area contributed by atoms with E-state index >= 15 is 0 Å². The normalized spacial score (nSPS) is 14.5. The Hall–Kier alpha value is -2.69. The molecule has 27 heavy (non-hydrogen) atoms. The third-order valence-corrected chi connectivity index (χ3v) is 4.79. The van der Waals surface area contributed by atoms with Crippen LogP contribution in [0, 0.1) is 0 Å². The molecule has 0 aliphatic carbocycles. The largest absolute Gasteiger partial charge is 0.394 e. The number of hydrogen-bond acceptors (Lipinski definition) is 3. The molecule has 4 heteroatoms. The molecular weight excluding hydrogens is 338 g/mol. The predicted molar refractivity (Wildman–Crippen MR) is 107 cm³/mol. The molecule has 0 unspecified atom stereocenters. The molecule has 0 heterocycles. The molecule has 0 aromatic heterocycles. The van der Waals surface area contributed by atoms with E-state index < -0.39 is 11.6 Å². The Kier molecular flexibility index (Phi) is 5.89. The number of rotatable bonds is 7. The van der Waals surface area contributed by atoms with Gasteiger partial charge in [0.15, 0.2) is 6.10 Å². The molecule has 3 aromatic carbocycles. The van der Waals surface area contributed by atoms with Gasteiger partial charge in [-0.25, -0.2) is 0 Å². The van der Waals surface area contributed by atoms with Gasteiger partial charge in [-0.1, -0.05) is 72.8 Å². The van der Waals surface area contributed by atoms with Crippen molar-refractivity contribution in [3.05, 3.63) is 83.9 Å². The maximum Gasteiger partial charge on any atom is 0.254 e. The van der Waals surface area contributed by atoms with Gasteiger partial charge in [0, 0.05) is 7.11 Å². The quantitative estimate of drug-likeness (QED) is 0.674. The average molecular weight is 363 g/mol. The molecule has 0 aliphatic rings. The number of methoxy groups -OCH3 is 1. The molecule has 2 atom stereocenters. The molecule has 0 saturated heterocycles. The molecule has 3 rings (SSSR count). The van der Waals surface area contributed by atoms with Gasteiger partial charge in [-0.2, -0.15) is 0 Å². The van der Waals surface area contributed by atoms with Crippen LogP contribution in [0.1, 0.15) is 24.2 Å². The van der Waals surface area contributed by atoms with Crippen LogP contribution in [0.2, 0.25) is 0 Å². The minimum atomic E-state index is -0.778. The highest BCUT2D eigenvalue weighted by Gasteiger charge is 2.31. The summed E-state index contributed by atoms with van der Waals surface area (Å²) in [5.41, 5.74) is 1.08. The summed E-state index contributed by atoms with van der Waals surface area (Å²) in [5, 5.41) is 15.0. The summed E-state index contributed by atoms with van der Waals surface area (Å²) in [6, 6.07) is 23.6. The zero-order valence-corrected chi connectivity index (χ0v) is 15.7. The zero-order chi connectivity index (χ0) is 19.3. The molecule has 0 fully saturated rings. The number of amides is 1. The number of carbonyl (C=O) groups excluding carboxylic acids is 1. The fraction of sp³-hybridized carbons (Fsp3) is 0.261. The van der Waals surface area contributed by atoms with E-state index in [1.807, 2.05) is 79.7 Å². The van der Waals surface area contributed by atoms with Crippen molar-refractivity contribution in [2.75, 3.05) is 13.7 Å². The Balaban J connectivity index is 1.85. The van der Waals surface area contributed by atoms with Gasteiger partial charge in [0.2, 0.25) is 0 Å². The fourth-order valence-corrected chi connectivity index (χ4v) is 3.40. The second-order valence-corrected chi connectivity index (χ2v) is 7.05. The Morgan fingerprint density at radius 2 is 1.70 bits per heavy atom. The summed E-state index contributed by atoms with van der Waals surface area (Å²) >= 11 is 0. The van der Waals surface area contributed by atoms with E-state index in [0.29, 0.717) is 6.42 Å². The molecule has 4 nitrogen and oxygen atoms in total. The van der Waals surface area contributed by atoms with Gasteiger partial charge in [0.1, 0.15) is 0 Å². The van der Waals surface area contributed by atoms with Crippen molar-refractivity contribution in [1.82, 2.24) is 5.32 Å². The summed E-state index contributed by atoms with van der Waals surface area (Å²) in [6.07, 6.45) is -0.222. The highest BCUT2D eigenvalue weighted by Crippen LogP contribution is 2.27. The molecule has 0 aliphatic heterocycles. The van der Waals surface area contributed by atoms with E-state index in [1.54, 1.807) is 0 Å². The number of aliphatic hydroxyl groups excluding tert-OH is 1. The lowest BCUT2D eigenvalue weighted by Crippen LogP contribution is -2.52. The third-order valence-electron chi connectivity index (χ3n) is 4.79. The number of ether oxygens (including phenoxy) is 1. The highest BCUT2D eigenvalue weighted by atomic mass is 16.5. The van der Waals surface area contributed by atoms with Crippen LogP contribution in [0.3, 0.4) is 0 Å². The molecular formula is C23H25NO3. The first-order valence-electron chi connectivity index (χ1n) is 9.03. The highest BCUT2D eigenvalue weighted by molar-refractivity contribution is 5.92. The van der Waals surface area contributed by atoms with Crippen LogP contribution in [0.25, 0.3) is 10.8 Å². The standard InChI is InChI=1S/C23H25NO3/c1-23(16-25,15-17-9-4-3-5-10-17)24-22(26)21(27-2)20-14-8-12-18-11-6-7-13-19(18)20/h3-14,21,25H,15-16H2,1-2H3,(H,24,26)/t21-,23+/m1/s1. The van der Waals surface area contributed by atoms with Crippen molar-refractivity contribution in [2.24, 2.45) is 0 Å². The van der Waals surface area contributed by atoms with Gasteiger partial charge in [0.05, 0.1) is 12.1 Å². The second-order valence-electron chi connectivity index (χ2n) is 7.05. The van der Waals surface area contributed by atoms with Gasteiger partial charge in [-0.05, 0) is 35.2 Å². The van der Waals surface area contributed by atoms with E-state index in [-0.39, 0.29) is 12.5 Å². The first-order valence-corrected chi connectivity index (χ1v) is 9.03. The van der Waals surface area contributed by atoms with Crippen LogP contribution in [-0.4, -0.2) is 30.3 Å². The van der Waals surface area contributed by atoms with Crippen LogP contribution in [0.5, 0.6) is 0 Å². The molecule has 1 amide bonds. The van der Waals surface area contributed by atoms with Crippen molar-refractivity contribution in [3.8, 4) is 0 Å². The summed E-state index contributed by atoms with van der Waals surface area (Å²) < 4.78 is 5.55. The molecule has 140 valence electrons. The minimum Gasteiger partial charge on any atom is -0.394 e. The van der Waals surface area contributed by atoms with Crippen molar-refractivity contribution in [2.45, 2.75) is 25.0 Å². The van der Waals surface area contributed by atoms with E-state index in [4.69, 9.17) is 4.74 Å². The SMILES string of the molecule is CO[C@@H](C(=O)N[C@](C)(CO)Cc1ccccc1)c1cccc2ccccc12. The number of hydrogen-bond donors (Lipinski definition) is 2. The first-order chi connectivity index (χ1) is 13.1. The smallest absolute Gasteiger partial charge is 0.254 e. The van der Waals surface area contributed by atoms with Crippen LogP contribution in [0.15, 0.2) is 72.8 Å². The van der Waals surface area contributed by atoms with Crippen LogP contribution < -0.4 is 5.32 Å². The number of fused-ring (bicyclic) bond motifs is 1. The summed E-state index contributed by atoms with van der Waals surface area (Å²) in [4.78, 5) is 13.0. The third kappa shape index (κ3) is 4.35. The monoisotopic (exact) mass is 363 g/mol. The van der Waals surface area contributed by atoms with E-state index in [9.17, 15) is 9.90 Å². The van der Waals surface area contributed by atoms with Crippen molar-refractivity contribution in [3.63, 3.8) is 0 Å². The number of aliphatic hydroxyl groups is 1. The van der Waals surface area contributed by atoms with Gasteiger partial charge in [0.25, 0.3) is 5.91 Å². The topological polar surface area (TPSA) is 58.6 Å². The Labute approximate surface area is 159 Å². The van der Waals surface area contributed by atoms with Crippen molar-refractivity contribution >= 4 is 16.7 Å². The molecule has 0 radical (unpaired) electrons. The summed E-state index contributed by atoms with van der Waals surface area (Å²) in [7, 11) is 1.53. The van der Waals surface area contributed by atoms with Gasteiger partial charge in [-0.15, -0.1) is 0 Å². The second kappa shape index (κ2) is 8.33. The van der Waals surface area contributed by atoms with Gasteiger partial charge in [-0.3, -0.25) is 4.79 Å². The lowest BCUT2D eigenvalue weighted by atomic mass is 9.92. The van der Waals surface area contributed by atoms with E-state index in [0.717, 1.165) is 21.9 Å². The van der Waals surface area contributed by atoms with Crippen molar-refractivity contribution in [1.29, 1.82) is 0 Å². The molecule has 2 N–H and O–H groups in total. The van der Waals surface area contributed by atoms with Gasteiger partial charge < -0.3 is 15.2 Å². The summed E-state index contributed by atoms with van der Waals surface area (Å²) in [6.45, 7) is 1.67. The van der Waals surface area contributed by atoms with Crippen LogP contribution in [0.4, 0.5) is 0 Å². The summed E-state index contributed by atoms with van der Waals surface area (Å²) in [5.74, 6) is -0.263. The predicted octanol–water partition coefficient (Wildman–Crippen LogP) is 3.64. The van der Waals surface area contributed by atoms with Gasteiger partial charge >= 0.3 is 0 Å². The molecule has 0 bridgehead atoms. The number of nitrogens with one attached hydrogen (secondary N) is 1. The average Bonchev–Trinajstić information content (AvgIpc) is 2.69. The van der Waals surface area contributed by atoms with E-state index in [2.05, 4.69) is 5.32 Å².